The van der Waals surface area contributed by atoms with E-state index in [1.165, 1.54) is 46.3 Å². The first-order valence-electron chi connectivity index (χ1n) is 11.7. The molecule has 1 aliphatic heterocycles. The highest BCUT2D eigenvalue weighted by molar-refractivity contribution is 9.10. The second-order valence-electron chi connectivity index (χ2n) is 9.50. The van der Waals surface area contributed by atoms with E-state index < -0.39 is 0 Å². The smallest absolute Gasteiger partial charge is 0.253 e. The second-order valence-corrected chi connectivity index (χ2v) is 11.5. The number of fused-ring (bicyclic) bond motifs is 3. The number of carbonyl (C=O) groups excluding carboxylic acids is 1. The Balaban J connectivity index is 1.29. The molecule has 1 amide bonds. The number of benzene rings is 1. The zero-order valence-corrected chi connectivity index (χ0v) is 20.7. The van der Waals surface area contributed by atoms with Gasteiger partial charge in [0.15, 0.2) is 0 Å². The van der Waals surface area contributed by atoms with Crippen LogP contribution < -0.4 is 4.90 Å². The van der Waals surface area contributed by atoms with Crippen LogP contribution in [0.3, 0.4) is 0 Å². The van der Waals surface area contributed by atoms with Crippen LogP contribution in [0, 0.1) is 5.92 Å². The van der Waals surface area contributed by atoms with Gasteiger partial charge in [-0.2, -0.15) is 0 Å². The first kappa shape index (κ1) is 20.6. The van der Waals surface area contributed by atoms with Gasteiger partial charge in [-0.1, -0.05) is 22.9 Å². The summed E-state index contributed by atoms with van der Waals surface area (Å²) in [7, 11) is 0. The maximum Gasteiger partial charge on any atom is 0.253 e. The lowest BCUT2D eigenvalue weighted by molar-refractivity contribution is 0.0746. The standard InChI is InChI=1S/C25H27BrN4OS/c1-15-2-9-19-20(14-15)32-24-21(19)23(27-22(28-24)16-3-4-16)29-10-12-30(13-11-29)25(31)17-5-7-18(26)8-6-17/h5-8,15-16H,2-4,9-14H2,1H3. The molecule has 166 valence electrons. The number of halogens is 1. The van der Waals surface area contributed by atoms with E-state index in [4.69, 9.17) is 9.97 Å². The van der Waals surface area contributed by atoms with E-state index in [0.29, 0.717) is 5.92 Å². The third-order valence-corrected chi connectivity index (χ3v) is 8.73. The van der Waals surface area contributed by atoms with Crippen LogP contribution in [0.1, 0.15) is 58.7 Å². The Morgan fingerprint density at radius 3 is 2.53 bits per heavy atom. The molecule has 1 saturated heterocycles. The number of nitrogens with zero attached hydrogens (tertiary/aromatic N) is 4. The molecule has 5 nitrogen and oxygen atoms in total. The molecule has 6 rings (SSSR count). The zero-order chi connectivity index (χ0) is 21.8. The molecule has 2 aliphatic carbocycles. The maximum atomic E-state index is 13.0. The van der Waals surface area contributed by atoms with Crippen LogP contribution in [0.25, 0.3) is 10.2 Å². The highest BCUT2D eigenvalue weighted by Gasteiger charge is 2.32. The van der Waals surface area contributed by atoms with Gasteiger partial charge in [0.1, 0.15) is 16.5 Å². The molecule has 32 heavy (non-hydrogen) atoms. The third-order valence-electron chi connectivity index (χ3n) is 7.05. The normalized spacial score (nSPS) is 21.1. The molecule has 1 saturated carbocycles. The first-order valence-corrected chi connectivity index (χ1v) is 13.3. The number of rotatable bonds is 3. The molecule has 0 radical (unpaired) electrons. The van der Waals surface area contributed by atoms with Crippen molar-refractivity contribution in [3.8, 4) is 0 Å². The minimum Gasteiger partial charge on any atom is -0.352 e. The van der Waals surface area contributed by atoms with E-state index in [1.54, 1.807) is 0 Å². The van der Waals surface area contributed by atoms with E-state index in [1.807, 2.05) is 40.5 Å². The van der Waals surface area contributed by atoms with Crippen molar-refractivity contribution in [3.63, 3.8) is 0 Å². The van der Waals surface area contributed by atoms with E-state index in [2.05, 4.69) is 27.8 Å². The molecular formula is C25H27BrN4OS. The maximum absolute atomic E-state index is 13.0. The zero-order valence-electron chi connectivity index (χ0n) is 18.3. The number of anilines is 1. The molecule has 3 aromatic rings. The monoisotopic (exact) mass is 510 g/mol. The van der Waals surface area contributed by atoms with Gasteiger partial charge in [-0.05, 0) is 67.9 Å². The van der Waals surface area contributed by atoms with Crippen LogP contribution in [0.15, 0.2) is 28.7 Å². The van der Waals surface area contributed by atoms with Crippen LogP contribution in [-0.4, -0.2) is 47.0 Å². The van der Waals surface area contributed by atoms with E-state index >= 15 is 0 Å². The van der Waals surface area contributed by atoms with Gasteiger partial charge >= 0.3 is 0 Å². The lowest BCUT2D eigenvalue weighted by Gasteiger charge is -2.36. The summed E-state index contributed by atoms with van der Waals surface area (Å²) in [4.78, 5) is 30.2. The van der Waals surface area contributed by atoms with Crippen molar-refractivity contribution >= 4 is 49.2 Å². The van der Waals surface area contributed by atoms with Crippen LogP contribution in [0.2, 0.25) is 0 Å². The van der Waals surface area contributed by atoms with Gasteiger partial charge < -0.3 is 9.80 Å². The third kappa shape index (κ3) is 3.73. The predicted octanol–water partition coefficient (Wildman–Crippen LogP) is 5.42. The van der Waals surface area contributed by atoms with Gasteiger partial charge in [0, 0.05) is 47.0 Å². The van der Waals surface area contributed by atoms with Crippen molar-refractivity contribution < 1.29 is 4.79 Å². The van der Waals surface area contributed by atoms with Gasteiger partial charge in [-0.25, -0.2) is 9.97 Å². The summed E-state index contributed by atoms with van der Waals surface area (Å²) in [5.41, 5.74) is 2.25. The van der Waals surface area contributed by atoms with Crippen LogP contribution in [-0.2, 0) is 12.8 Å². The highest BCUT2D eigenvalue weighted by Crippen LogP contribution is 2.44. The largest absolute Gasteiger partial charge is 0.352 e. The fraction of sp³-hybridized carbons (Fsp3) is 0.480. The minimum atomic E-state index is 0.116. The Morgan fingerprint density at radius 1 is 1.06 bits per heavy atom. The van der Waals surface area contributed by atoms with Gasteiger partial charge in [0.25, 0.3) is 5.91 Å². The highest BCUT2D eigenvalue weighted by atomic mass is 79.9. The van der Waals surface area contributed by atoms with Crippen molar-refractivity contribution in [2.75, 3.05) is 31.1 Å². The Hall–Kier alpha value is -1.99. The van der Waals surface area contributed by atoms with Gasteiger partial charge in [0.05, 0.1) is 5.39 Å². The minimum absolute atomic E-state index is 0.116. The Bertz CT molecular complexity index is 1180. The number of thiophene rings is 1. The molecule has 2 aromatic heterocycles. The fourth-order valence-electron chi connectivity index (χ4n) is 4.99. The van der Waals surface area contributed by atoms with Crippen LogP contribution in [0.4, 0.5) is 5.82 Å². The van der Waals surface area contributed by atoms with Gasteiger partial charge in [-0.15, -0.1) is 11.3 Å². The number of hydrogen-bond acceptors (Lipinski definition) is 5. The number of hydrogen-bond donors (Lipinski definition) is 0. The molecule has 3 aliphatic rings. The van der Waals surface area contributed by atoms with Crippen molar-refractivity contribution in [2.45, 2.75) is 44.9 Å². The average Bonchev–Trinajstić information content (AvgIpc) is 3.59. The summed E-state index contributed by atoms with van der Waals surface area (Å²) in [6.45, 7) is 5.45. The summed E-state index contributed by atoms with van der Waals surface area (Å²) in [5, 5.41) is 1.30. The van der Waals surface area contributed by atoms with E-state index in [0.717, 1.165) is 60.2 Å². The summed E-state index contributed by atoms with van der Waals surface area (Å²) in [5.74, 6) is 3.57. The Morgan fingerprint density at radius 2 is 1.81 bits per heavy atom. The Labute approximate surface area is 201 Å². The fourth-order valence-corrected chi connectivity index (χ4v) is 6.64. The molecule has 3 heterocycles. The predicted molar refractivity (Wildman–Crippen MR) is 133 cm³/mol. The SMILES string of the molecule is CC1CCc2c(sc3nc(C4CC4)nc(N4CCN(C(=O)c5ccc(Br)cc5)CC4)c23)C1. The average molecular weight is 511 g/mol. The molecule has 1 atom stereocenters. The molecular weight excluding hydrogens is 484 g/mol. The van der Waals surface area contributed by atoms with Gasteiger partial charge in [-0.3, -0.25) is 4.79 Å². The summed E-state index contributed by atoms with van der Waals surface area (Å²) >= 11 is 5.35. The topological polar surface area (TPSA) is 49.3 Å². The van der Waals surface area contributed by atoms with E-state index in [9.17, 15) is 4.79 Å². The lowest BCUT2D eigenvalue weighted by atomic mass is 9.89. The summed E-state index contributed by atoms with van der Waals surface area (Å²) < 4.78 is 0.992. The quantitative estimate of drug-likeness (QED) is 0.472. The first-order chi connectivity index (χ1) is 15.6. The Kier molecular flexibility index (Phi) is 5.22. The number of piperazine rings is 1. The van der Waals surface area contributed by atoms with Crippen molar-refractivity contribution in [2.24, 2.45) is 5.92 Å². The number of amides is 1. The molecule has 0 N–H and O–H groups in total. The van der Waals surface area contributed by atoms with Crippen LogP contribution >= 0.6 is 27.3 Å². The lowest BCUT2D eigenvalue weighted by Crippen LogP contribution is -2.49. The number of aromatic nitrogens is 2. The molecule has 0 spiro atoms. The summed E-state index contributed by atoms with van der Waals surface area (Å²) in [6.07, 6.45) is 5.98. The van der Waals surface area contributed by atoms with Crippen molar-refractivity contribution in [1.29, 1.82) is 0 Å². The second kappa shape index (κ2) is 8.10. The van der Waals surface area contributed by atoms with E-state index in [-0.39, 0.29) is 5.91 Å². The molecule has 1 aromatic carbocycles. The summed E-state index contributed by atoms with van der Waals surface area (Å²) in [6, 6.07) is 7.66. The number of aryl methyl sites for hydroxylation is 1. The van der Waals surface area contributed by atoms with Crippen molar-refractivity contribution in [1.82, 2.24) is 14.9 Å². The molecule has 7 heteroatoms. The van der Waals surface area contributed by atoms with Gasteiger partial charge in [0.2, 0.25) is 0 Å². The molecule has 0 bridgehead atoms. The van der Waals surface area contributed by atoms with Crippen LogP contribution in [0.5, 0.6) is 0 Å². The number of carbonyl (C=O) groups is 1. The molecule has 1 unspecified atom stereocenters. The van der Waals surface area contributed by atoms with Crippen molar-refractivity contribution in [3.05, 3.63) is 50.6 Å². The molecule has 2 fully saturated rings.